The number of hydrogen-bond donors (Lipinski definition) is 0. The fourth-order valence-corrected chi connectivity index (χ4v) is 19.0. The number of hydrogen-bond acceptors (Lipinski definition) is 4. The van der Waals surface area contributed by atoms with Gasteiger partial charge in [-0.1, -0.05) is 237 Å². The zero-order valence-corrected chi connectivity index (χ0v) is 55.5. The van der Waals surface area contributed by atoms with Crippen molar-refractivity contribution in [3.05, 3.63) is 345 Å². The summed E-state index contributed by atoms with van der Waals surface area (Å²) in [7, 11) is 0. The number of rotatable bonds is 13. The van der Waals surface area contributed by atoms with Crippen LogP contribution in [-0.4, -0.2) is 20.8 Å². The van der Waals surface area contributed by atoms with Crippen LogP contribution >= 0.6 is 0 Å². The normalized spacial score (nSPS) is 18.4. The molecule has 3 aromatic heterocycles. The van der Waals surface area contributed by atoms with Crippen LogP contribution in [0.2, 0.25) is 0 Å². The fourth-order valence-electron chi connectivity index (χ4n) is 19.0. The Balaban J connectivity index is 0.739. The van der Waals surface area contributed by atoms with Gasteiger partial charge in [0.1, 0.15) is 24.0 Å². The number of fused-ring (bicyclic) bond motifs is 7. The van der Waals surface area contributed by atoms with Gasteiger partial charge in [0.05, 0.1) is 39.1 Å². The van der Waals surface area contributed by atoms with Crippen LogP contribution in [0.4, 0.5) is 22.7 Å². The first-order valence-corrected chi connectivity index (χ1v) is 35.6. The highest BCUT2D eigenvalue weighted by Crippen LogP contribution is 2.65. The van der Waals surface area contributed by atoms with Gasteiger partial charge in [-0.2, -0.15) is 0 Å². The van der Waals surface area contributed by atoms with Crippen LogP contribution in [0.1, 0.15) is 43.2 Å². The summed E-state index contributed by atoms with van der Waals surface area (Å²) in [6, 6.07) is 121. The zero-order valence-electron chi connectivity index (χ0n) is 55.5. The van der Waals surface area contributed by atoms with Crippen LogP contribution in [0.5, 0.6) is 11.5 Å². The maximum Gasteiger partial charge on any atom is 0.137 e. The van der Waals surface area contributed by atoms with Crippen LogP contribution in [0.15, 0.2) is 334 Å². The van der Waals surface area contributed by atoms with Crippen LogP contribution in [0.25, 0.3) is 111 Å². The molecular weight excluding hydrogens is 1220 g/mol. The maximum absolute atomic E-state index is 7.55. The Labute approximate surface area is 582 Å². The van der Waals surface area contributed by atoms with E-state index in [9.17, 15) is 0 Å². The van der Waals surface area contributed by atoms with Gasteiger partial charge in [-0.15, -0.1) is 0 Å². The summed E-state index contributed by atoms with van der Waals surface area (Å²) < 4.78 is 12.4. The highest BCUT2D eigenvalue weighted by atomic mass is 16.5. The van der Waals surface area contributed by atoms with Crippen molar-refractivity contribution in [1.82, 2.24) is 14.1 Å². The molecule has 4 aliphatic carbocycles. The largest absolute Gasteiger partial charge is 0.457 e. The Kier molecular flexibility index (Phi) is 13.8. The van der Waals surface area contributed by atoms with Crippen molar-refractivity contribution >= 4 is 66.4 Å². The van der Waals surface area contributed by atoms with Crippen LogP contribution in [0, 0.1) is 23.7 Å². The molecule has 100 heavy (non-hydrogen) atoms. The molecule has 4 heterocycles. The number of ether oxygens (including phenoxy) is 1. The van der Waals surface area contributed by atoms with Gasteiger partial charge in [0, 0.05) is 67.8 Å². The van der Waals surface area contributed by atoms with Crippen molar-refractivity contribution in [3.8, 4) is 78.6 Å². The van der Waals surface area contributed by atoms with Crippen LogP contribution in [0.3, 0.4) is 0 Å². The molecule has 478 valence electrons. The Bertz CT molecular complexity index is 5620. The minimum Gasteiger partial charge on any atom is -0.457 e. The molecule has 0 unspecified atom stereocenters. The maximum atomic E-state index is 7.55. The lowest BCUT2D eigenvalue weighted by Gasteiger charge is -2.62. The molecule has 6 nitrogen and oxygen atoms in total. The average Bonchev–Trinajstić information content (AvgIpc) is 0.935. The lowest BCUT2D eigenvalue weighted by atomic mass is 9.42. The second-order valence-electron chi connectivity index (χ2n) is 28.2. The summed E-state index contributed by atoms with van der Waals surface area (Å²) in [5.74, 6) is 5.06. The van der Waals surface area contributed by atoms with Crippen molar-refractivity contribution in [2.75, 3.05) is 16.5 Å². The van der Waals surface area contributed by atoms with E-state index in [0.717, 1.165) is 102 Å². The standard InChI is InChI=1S/C94H71N5O/c1-5-23-64(24-6-1)77-34-21-35-78(65-25-7-2-8-26-65)92(77)68-56-74(96-61-97(89-42-20-19-41-88(89)96)93-79(66-27-9-3-10-28-66)36-22-37-80(93)67-29-11-4-12-30-67)59-76(57-68)100-75-47-48-84-83-33-15-18-40-87(83)99(90(84)60-75)91-58-70(49-50-95-91)94(71-52-62-51-63(54-71)55-72(94)53-62)69-43-45-73(46-44-69)98-85-38-16-13-31-81(85)82-32-14-17-39-86(82)98/h1-50,56-60,62-63,71-72H,51-55,61H2. The monoisotopic (exact) mass is 1290 g/mol. The highest BCUT2D eigenvalue weighted by Gasteiger charge is 2.58. The molecule has 21 rings (SSSR count). The summed E-state index contributed by atoms with van der Waals surface area (Å²) in [6.45, 7) is 0.549. The van der Waals surface area contributed by atoms with E-state index in [-0.39, 0.29) is 5.41 Å². The number of benzene rings is 13. The van der Waals surface area contributed by atoms with Gasteiger partial charge < -0.3 is 19.1 Å². The first kappa shape index (κ1) is 58.2. The van der Waals surface area contributed by atoms with Gasteiger partial charge in [-0.05, 0) is 190 Å². The molecule has 1 aliphatic heterocycles. The van der Waals surface area contributed by atoms with Crippen molar-refractivity contribution in [2.45, 2.75) is 37.5 Å². The zero-order chi connectivity index (χ0) is 65.8. The fraction of sp³-hybridized carbons (Fsp3) is 0.117. The second kappa shape index (κ2) is 23.6. The van der Waals surface area contributed by atoms with E-state index < -0.39 is 0 Å². The Morgan fingerprint density at radius 3 is 1.36 bits per heavy atom. The number of aromatic nitrogens is 3. The van der Waals surface area contributed by atoms with Gasteiger partial charge in [0.25, 0.3) is 0 Å². The smallest absolute Gasteiger partial charge is 0.137 e. The van der Waals surface area contributed by atoms with Gasteiger partial charge in [0.2, 0.25) is 0 Å². The molecule has 5 aliphatic rings. The molecule has 4 bridgehead atoms. The molecule has 13 aromatic carbocycles. The van der Waals surface area contributed by atoms with E-state index in [1.807, 2.05) is 0 Å². The van der Waals surface area contributed by atoms with E-state index in [4.69, 9.17) is 9.72 Å². The van der Waals surface area contributed by atoms with E-state index >= 15 is 0 Å². The summed E-state index contributed by atoms with van der Waals surface area (Å²) >= 11 is 0. The summed E-state index contributed by atoms with van der Waals surface area (Å²) in [6.07, 6.45) is 8.56. The minimum atomic E-state index is -0.165. The molecule has 4 saturated carbocycles. The molecule has 0 radical (unpaired) electrons. The van der Waals surface area contributed by atoms with Crippen molar-refractivity contribution < 1.29 is 4.74 Å². The topological polar surface area (TPSA) is 38.5 Å². The van der Waals surface area contributed by atoms with E-state index in [1.165, 1.54) is 98.4 Å². The predicted octanol–water partition coefficient (Wildman–Crippen LogP) is 24.4. The highest BCUT2D eigenvalue weighted by molar-refractivity contribution is 6.11. The SMILES string of the molecule is c1ccc(-c2cccc(-c3ccccc3)c2-c2cc(Oc3ccc4c5ccccc5n(-c5cc(C6(c7ccc(-n8c9ccccc9c9ccccc98)cc7)C7CC8CC(C7)CC6C8)ccn5)c4c3)cc(N3CN(c4c(-c5ccccc5)cccc4-c4ccccc4)c4ccccc43)c2)cc1. The average molecular weight is 1290 g/mol. The van der Waals surface area contributed by atoms with E-state index in [1.54, 1.807) is 0 Å². The molecule has 0 N–H and O–H groups in total. The third-order valence-electron chi connectivity index (χ3n) is 22.9. The number of para-hydroxylation sites is 6. The molecule has 6 heteroatoms. The summed E-state index contributed by atoms with van der Waals surface area (Å²) in [4.78, 5) is 10.4. The summed E-state index contributed by atoms with van der Waals surface area (Å²) in [5.41, 5.74) is 24.3. The quantitative estimate of drug-likeness (QED) is 0.115. The minimum absolute atomic E-state index is 0.165. The van der Waals surface area contributed by atoms with E-state index in [2.05, 4.69) is 353 Å². The van der Waals surface area contributed by atoms with Crippen LogP contribution < -0.4 is 14.5 Å². The molecule has 0 atom stereocenters. The molecule has 0 amide bonds. The van der Waals surface area contributed by atoms with Gasteiger partial charge >= 0.3 is 0 Å². The van der Waals surface area contributed by atoms with Gasteiger partial charge in [-0.3, -0.25) is 4.57 Å². The second-order valence-corrected chi connectivity index (χ2v) is 28.2. The molecular formula is C94H71N5O. The molecule has 0 spiro atoms. The third kappa shape index (κ3) is 9.41. The van der Waals surface area contributed by atoms with Crippen LogP contribution in [-0.2, 0) is 5.41 Å². The lowest BCUT2D eigenvalue weighted by molar-refractivity contribution is -0.0418. The number of anilines is 4. The van der Waals surface area contributed by atoms with Gasteiger partial charge in [0.15, 0.2) is 0 Å². The number of pyridine rings is 1. The lowest BCUT2D eigenvalue weighted by Crippen LogP contribution is -2.56. The first-order valence-electron chi connectivity index (χ1n) is 35.6. The Morgan fingerprint density at radius 2 is 0.800 bits per heavy atom. The Hall–Kier alpha value is -12.0. The van der Waals surface area contributed by atoms with Crippen molar-refractivity contribution in [3.63, 3.8) is 0 Å². The third-order valence-corrected chi connectivity index (χ3v) is 22.9. The Morgan fingerprint density at radius 1 is 0.320 bits per heavy atom. The number of nitrogens with zero attached hydrogens (tertiary/aromatic N) is 5. The molecule has 0 saturated heterocycles. The summed E-state index contributed by atoms with van der Waals surface area (Å²) in [5, 5.41) is 4.90. The molecule has 4 fully saturated rings. The first-order chi connectivity index (χ1) is 49.6. The molecule has 16 aromatic rings. The van der Waals surface area contributed by atoms with Crippen molar-refractivity contribution in [2.24, 2.45) is 23.7 Å². The van der Waals surface area contributed by atoms with Crippen molar-refractivity contribution in [1.29, 1.82) is 0 Å². The predicted molar refractivity (Wildman–Crippen MR) is 413 cm³/mol. The van der Waals surface area contributed by atoms with E-state index in [0.29, 0.717) is 18.5 Å². The van der Waals surface area contributed by atoms with Gasteiger partial charge in [-0.25, -0.2) is 4.98 Å².